The Morgan fingerprint density at radius 2 is 2.19 bits per heavy atom. The smallest absolute Gasteiger partial charge is 0.312 e. The van der Waals surface area contributed by atoms with Crippen molar-refractivity contribution < 1.29 is 14.6 Å². The van der Waals surface area contributed by atoms with Crippen LogP contribution in [0.5, 0.6) is 0 Å². The summed E-state index contributed by atoms with van der Waals surface area (Å²) in [5.41, 5.74) is -0.576. The third kappa shape index (κ3) is 2.10. The summed E-state index contributed by atoms with van der Waals surface area (Å²) in [4.78, 5) is 11.6. The molecule has 1 saturated carbocycles. The molecular formula is C13H22O3. The number of carbonyl (C=O) groups is 1. The number of ether oxygens (including phenoxy) is 1. The van der Waals surface area contributed by atoms with Gasteiger partial charge < -0.3 is 9.84 Å². The second kappa shape index (κ2) is 4.74. The number of hydrogen-bond donors (Lipinski definition) is 1. The molecule has 3 heteroatoms. The summed E-state index contributed by atoms with van der Waals surface area (Å²) < 4.78 is 5.45. The third-order valence-corrected chi connectivity index (χ3v) is 4.41. The summed E-state index contributed by atoms with van der Waals surface area (Å²) in [6.45, 7) is 3.41. The molecule has 1 aliphatic carbocycles. The molecule has 1 saturated heterocycles. The average Bonchev–Trinajstić information content (AvgIpc) is 2.30. The number of carboxylic acid groups (broad SMARTS) is 1. The summed E-state index contributed by atoms with van der Waals surface area (Å²) >= 11 is 0. The molecule has 16 heavy (non-hydrogen) atoms. The number of rotatable bonds is 2. The van der Waals surface area contributed by atoms with Crippen molar-refractivity contribution >= 4 is 5.97 Å². The first-order valence-corrected chi connectivity index (χ1v) is 6.46. The highest BCUT2D eigenvalue weighted by Crippen LogP contribution is 2.45. The SMILES string of the molecule is CC1CCCC(C2(C(=O)O)CCCOC2)C1. The second-order valence-electron chi connectivity index (χ2n) is 5.59. The molecule has 0 aromatic carbocycles. The molecule has 0 bridgehead atoms. The Bertz CT molecular complexity index is 256. The fourth-order valence-corrected chi connectivity index (χ4v) is 3.42. The first kappa shape index (κ1) is 11.9. The van der Waals surface area contributed by atoms with E-state index in [2.05, 4.69) is 6.92 Å². The minimum atomic E-state index is -0.633. The van der Waals surface area contributed by atoms with Gasteiger partial charge in [-0.25, -0.2) is 0 Å². The maximum atomic E-state index is 11.6. The van der Waals surface area contributed by atoms with E-state index in [1.54, 1.807) is 0 Å². The molecule has 0 aromatic rings. The average molecular weight is 226 g/mol. The Labute approximate surface area is 97.2 Å². The Hall–Kier alpha value is -0.570. The van der Waals surface area contributed by atoms with Gasteiger partial charge in [-0.3, -0.25) is 4.79 Å². The fourth-order valence-electron chi connectivity index (χ4n) is 3.42. The van der Waals surface area contributed by atoms with Crippen molar-refractivity contribution in [2.45, 2.75) is 45.4 Å². The number of carboxylic acids is 1. The lowest BCUT2D eigenvalue weighted by Crippen LogP contribution is -2.46. The van der Waals surface area contributed by atoms with Gasteiger partial charge in [-0.1, -0.05) is 19.8 Å². The molecule has 0 spiro atoms. The molecule has 92 valence electrons. The van der Waals surface area contributed by atoms with Crippen LogP contribution in [0.3, 0.4) is 0 Å². The first-order chi connectivity index (χ1) is 7.65. The van der Waals surface area contributed by atoms with Crippen LogP contribution in [0.4, 0.5) is 0 Å². The molecule has 3 atom stereocenters. The predicted molar refractivity (Wildman–Crippen MR) is 61.2 cm³/mol. The molecule has 2 rings (SSSR count). The van der Waals surface area contributed by atoms with E-state index in [1.807, 2.05) is 0 Å². The Kier molecular flexibility index (Phi) is 3.53. The predicted octanol–water partition coefficient (Wildman–Crippen LogP) is 2.69. The van der Waals surface area contributed by atoms with Crippen LogP contribution < -0.4 is 0 Å². The van der Waals surface area contributed by atoms with Gasteiger partial charge in [0, 0.05) is 6.61 Å². The van der Waals surface area contributed by atoms with E-state index >= 15 is 0 Å². The zero-order valence-electron chi connectivity index (χ0n) is 10.1. The minimum Gasteiger partial charge on any atom is -0.481 e. The monoisotopic (exact) mass is 226 g/mol. The maximum absolute atomic E-state index is 11.6. The maximum Gasteiger partial charge on any atom is 0.312 e. The summed E-state index contributed by atoms with van der Waals surface area (Å²) in [6.07, 6.45) is 6.28. The molecule has 3 unspecified atom stereocenters. The van der Waals surface area contributed by atoms with Crippen LogP contribution in [0.2, 0.25) is 0 Å². The fraction of sp³-hybridized carbons (Fsp3) is 0.923. The largest absolute Gasteiger partial charge is 0.481 e. The zero-order chi connectivity index (χ0) is 11.6. The van der Waals surface area contributed by atoms with E-state index in [-0.39, 0.29) is 0 Å². The van der Waals surface area contributed by atoms with Gasteiger partial charge >= 0.3 is 5.97 Å². The van der Waals surface area contributed by atoms with Crippen LogP contribution in [0.25, 0.3) is 0 Å². The van der Waals surface area contributed by atoms with Crippen LogP contribution in [0.15, 0.2) is 0 Å². The van der Waals surface area contributed by atoms with E-state index in [4.69, 9.17) is 4.74 Å². The van der Waals surface area contributed by atoms with Gasteiger partial charge in [0.1, 0.15) is 0 Å². The Morgan fingerprint density at radius 3 is 2.75 bits per heavy atom. The number of aliphatic carboxylic acids is 1. The normalized spacial score (nSPS) is 40.6. The van der Waals surface area contributed by atoms with Gasteiger partial charge in [0.05, 0.1) is 12.0 Å². The lowest BCUT2D eigenvalue weighted by molar-refractivity contribution is -0.165. The van der Waals surface area contributed by atoms with E-state index < -0.39 is 11.4 Å². The van der Waals surface area contributed by atoms with Crippen molar-refractivity contribution in [3.63, 3.8) is 0 Å². The molecule has 1 N–H and O–H groups in total. The standard InChI is InChI=1S/C13H22O3/c1-10-4-2-5-11(8-10)13(12(14)15)6-3-7-16-9-13/h10-11H,2-9H2,1H3,(H,14,15). The Balaban J connectivity index is 2.14. The van der Waals surface area contributed by atoms with Crippen molar-refractivity contribution in [2.75, 3.05) is 13.2 Å². The molecular weight excluding hydrogens is 204 g/mol. The highest BCUT2D eigenvalue weighted by molar-refractivity contribution is 5.75. The van der Waals surface area contributed by atoms with Crippen molar-refractivity contribution in [3.05, 3.63) is 0 Å². The molecule has 1 aliphatic heterocycles. The van der Waals surface area contributed by atoms with E-state index in [0.717, 1.165) is 32.3 Å². The topological polar surface area (TPSA) is 46.5 Å². The molecule has 0 amide bonds. The highest BCUT2D eigenvalue weighted by atomic mass is 16.5. The minimum absolute atomic E-state index is 0.328. The van der Waals surface area contributed by atoms with Gasteiger partial charge in [-0.05, 0) is 37.5 Å². The van der Waals surface area contributed by atoms with Crippen molar-refractivity contribution in [1.29, 1.82) is 0 Å². The van der Waals surface area contributed by atoms with Crippen LogP contribution in [0, 0.1) is 17.3 Å². The first-order valence-electron chi connectivity index (χ1n) is 6.46. The van der Waals surface area contributed by atoms with Crippen LogP contribution in [-0.2, 0) is 9.53 Å². The van der Waals surface area contributed by atoms with E-state index in [1.165, 1.54) is 12.8 Å². The van der Waals surface area contributed by atoms with E-state index in [0.29, 0.717) is 18.4 Å². The Morgan fingerprint density at radius 1 is 1.38 bits per heavy atom. The van der Waals surface area contributed by atoms with Gasteiger partial charge in [0.2, 0.25) is 0 Å². The molecule has 2 aliphatic rings. The summed E-state index contributed by atoms with van der Waals surface area (Å²) in [5, 5.41) is 9.55. The van der Waals surface area contributed by atoms with Crippen LogP contribution in [-0.4, -0.2) is 24.3 Å². The summed E-state index contributed by atoms with van der Waals surface area (Å²) in [7, 11) is 0. The number of hydrogen-bond acceptors (Lipinski definition) is 2. The van der Waals surface area contributed by atoms with Crippen LogP contribution >= 0.6 is 0 Å². The van der Waals surface area contributed by atoms with Gasteiger partial charge in [-0.15, -0.1) is 0 Å². The van der Waals surface area contributed by atoms with Crippen molar-refractivity contribution in [1.82, 2.24) is 0 Å². The van der Waals surface area contributed by atoms with Gasteiger partial charge in [0.25, 0.3) is 0 Å². The molecule has 1 heterocycles. The lowest BCUT2D eigenvalue weighted by atomic mass is 9.64. The van der Waals surface area contributed by atoms with E-state index in [9.17, 15) is 9.90 Å². The van der Waals surface area contributed by atoms with Crippen molar-refractivity contribution in [2.24, 2.45) is 17.3 Å². The summed E-state index contributed by atoms with van der Waals surface area (Å²) in [5.74, 6) is 0.372. The van der Waals surface area contributed by atoms with Gasteiger partial charge in [0.15, 0.2) is 0 Å². The summed E-state index contributed by atoms with van der Waals surface area (Å²) in [6, 6.07) is 0. The highest BCUT2D eigenvalue weighted by Gasteiger charge is 2.48. The lowest BCUT2D eigenvalue weighted by Gasteiger charge is -2.43. The molecule has 0 aromatic heterocycles. The third-order valence-electron chi connectivity index (χ3n) is 4.41. The van der Waals surface area contributed by atoms with Gasteiger partial charge in [-0.2, -0.15) is 0 Å². The van der Waals surface area contributed by atoms with Crippen LogP contribution in [0.1, 0.15) is 45.4 Å². The zero-order valence-corrected chi connectivity index (χ0v) is 10.1. The molecule has 0 radical (unpaired) electrons. The molecule has 2 fully saturated rings. The molecule has 3 nitrogen and oxygen atoms in total. The van der Waals surface area contributed by atoms with Crippen molar-refractivity contribution in [3.8, 4) is 0 Å². The quantitative estimate of drug-likeness (QED) is 0.787. The second-order valence-corrected chi connectivity index (χ2v) is 5.59.